The molecular weight excluding hydrogens is 349 g/mol. The second-order valence-corrected chi connectivity index (χ2v) is 5.77. The van der Waals surface area contributed by atoms with E-state index in [1.165, 1.54) is 23.0 Å². The number of aromatic nitrogens is 4. The molecule has 0 unspecified atom stereocenters. The maximum atomic E-state index is 13.5. The summed E-state index contributed by atoms with van der Waals surface area (Å²) in [5.41, 5.74) is -0.381. The Bertz CT molecular complexity index is 998. The van der Waals surface area contributed by atoms with Gasteiger partial charge in [-0.2, -0.15) is 10.2 Å². The molecule has 0 fully saturated rings. The number of rotatable bonds is 5. The number of amides is 1. The van der Waals surface area contributed by atoms with Crippen molar-refractivity contribution in [2.75, 3.05) is 6.54 Å². The molecule has 1 aromatic carbocycles. The number of nitrogens with one attached hydrogen (secondary N) is 1. The summed E-state index contributed by atoms with van der Waals surface area (Å²) in [6.45, 7) is 2.89. The smallest absolute Gasteiger partial charge is 0.275 e. The molecule has 130 valence electrons. The number of fused-ring (bicyclic) bond motifs is 1. The Hall–Kier alpha value is -2.74. The van der Waals surface area contributed by atoms with E-state index in [0.717, 1.165) is 6.07 Å². The Morgan fingerprint density at radius 1 is 1.40 bits per heavy atom. The summed E-state index contributed by atoms with van der Waals surface area (Å²) in [5.74, 6) is -1.16. The number of benzene rings is 1. The fourth-order valence-electron chi connectivity index (χ4n) is 2.48. The Kier molecular flexibility index (Phi) is 4.80. The van der Waals surface area contributed by atoms with Crippen LogP contribution in [-0.2, 0) is 13.1 Å². The molecule has 0 aliphatic carbocycles. The van der Waals surface area contributed by atoms with Crippen LogP contribution < -0.4 is 10.7 Å². The van der Waals surface area contributed by atoms with Crippen LogP contribution in [0.5, 0.6) is 0 Å². The maximum absolute atomic E-state index is 13.5. The van der Waals surface area contributed by atoms with Crippen molar-refractivity contribution >= 4 is 28.4 Å². The van der Waals surface area contributed by atoms with E-state index in [1.807, 2.05) is 6.92 Å². The molecule has 7 nitrogen and oxygen atoms in total. The number of hydrogen-bond acceptors (Lipinski definition) is 4. The molecule has 9 heteroatoms. The van der Waals surface area contributed by atoms with E-state index >= 15 is 0 Å². The summed E-state index contributed by atoms with van der Waals surface area (Å²) in [6.07, 6.45) is 3.11. The lowest BCUT2D eigenvalue weighted by atomic mass is 10.2. The number of hydrogen-bond donors (Lipinski definition) is 1. The van der Waals surface area contributed by atoms with Crippen LogP contribution in [0.1, 0.15) is 17.4 Å². The highest BCUT2D eigenvalue weighted by molar-refractivity contribution is 6.30. The zero-order chi connectivity index (χ0) is 18.0. The molecule has 0 saturated carbocycles. The van der Waals surface area contributed by atoms with Gasteiger partial charge in [0.25, 0.3) is 5.91 Å². The molecule has 0 bridgehead atoms. The fourth-order valence-corrected chi connectivity index (χ4v) is 2.64. The second-order valence-electron chi connectivity index (χ2n) is 5.33. The minimum absolute atomic E-state index is 0.126. The Morgan fingerprint density at radius 2 is 2.20 bits per heavy atom. The molecule has 0 spiro atoms. The van der Waals surface area contributed by atoms with Gasteiger partial charge in [-0.1, -0.05) is 11.6 Å². The van der Waals surface area contributed by atoms with E-state index in [4.69, 9.17) is 11.6 Å². The van der Waals surface area contributed by atoms with Crippen molar-refractivity contribution in [3.8, 4) is 0 Å². The molecule has 2 heterocycles. The Morgan fingerprint density at radius 3 is 2.88 bits per heavy atom. The maximum Gasteiger partial charge on any atom is 0.275 e. The number of aryl methyl sites for hydroxylation is 1. The van der Waals surface area contributed by atoms with E-state index in [9.17, 15) is 14.0 Å². The Balaban J connectivity index is 1.85. The van der Waals surface area contributed by atoms with E-state index < -0.39 is 17.2 Å². The standard InChI is InChI=1S/C16H15ClFN5O2/c1-2-23-13-4-3-11(18)7-12(13)15(24)14(21-23)16(25)19-5-6-22-9-10(17)8-20-22/h3-4,7-9H,2,5-6H2,1H3,(H,19,25). The minimum atomic E-state index is -0.614. The van der Waals surface area contributed by atoms with Crippen LogP contribution in [-0.4, -0.2) is 32.0 Å². The summed E-state index contributed by atoms with van der Waals surface area (Å²) in [6, 6.07) is 3.85. The molecule has 3 rings (SSSR count). The van der Waals surface area contributed by atoms with Gasteiger partial charge in [0.15, 0.2) is 5.69 Å². The molecule has 25 heavy (non-hydrogen) atoms. The first-order chi connectivity index (χ1) is 12.0. The first-order valence-electron chi connectivity index (χ1n) is 7.66. The predicted octanol–water partition coefficient (Wildman–Crippen LogP) is 1.84. The van der Waals surface area contributed by atoms with Crippen molar-refractivity contribution < 1.29 is 9.18 Å². The monoisotopic (exact) mass is 363 g/mol. The fraction of sp³-hybridized carbons (Fsp3) is 0.250. The van der Waals surface area contributed by atoms with Crippen LogP contribution in [0.15, 0.2) is 35.4 Å². The number of halogens is 2. The topological polar surface area (TPSA) is 81.8 Å². The SMILES string of the molecule is CCn1nc(C(=O)NCCn2cc(Cl)cn2)c(=O)c2cc(F)ccc21. The summed E-state index contributed by atoms with van der Waals surface area (Å²) in [7, 11) is 0. The second kappa shape index (κ2) is 7.02. The summed E-state index contributed by atoms with van der Waals surface area (Å²) < 4.78 is 16.6. The molecule has 0 atom stereocenters. The lowest BCUT2D eigenvalue weighted by molar-refractivity contribution is 0.0944. The van der Waals surface area contributed by atoms with Gasteiger partial charge >= 0.3 is 0 Å². The van der Waals surface area contributed by atoms with Crippen LogP contribution in [0.3, 0.4) is 0 Å². The van der Waals surface area contributed by atoms with Crippen molar-refractivity contribution in [2.45, 2.75) is 20.0 Å². The third-order valence-corrected chi connectivity index (χ3v) is 3.86. The van der Waals surface area contributed by atoms with Crippen molar-refractivity contribution in [3.63, 3.8) is 0 Å². The van der Waals surface area contributed by atoms with Crippen LogP contribution in [0, 0.1) is 5.82 Å². The van der Waals surface area contributed by atoms with Crippen LogP contribution in [0.25, 0.3) is 10.9 Å². The molecule has 1 amide bonds. The van der Waals surface area contributed by atoms with E-state index in [2.05, 4.69) is 15.5 Å². The van der Waals surface area contributed by atoms with Crippen LogP contribution in [0.4, 0.5) is 4.39 Å². The molecule has 0 radical (unpaired) electrons. The lowest BCUT2D eigenvalue weighted by Gasteiger charge is -2.10. The van der Waals surface area contributed by atoms with Crippen LogP contribution in [0.2, 0.25) is 5.02 Å². The van der Waals surface area contributed by atoms with Crippen molar-refractivity contribution in [1.82, 2.24) is 24.9 Å². The van der Waals surface area contributed by atoms with Gasteiger partial charge in [-0.05, 0) is 25.1 Å². The van der Waals surface area contributed by atoms with E-state index in [1.54, 1.807) is 10.9 Å². The quantitative estimate of drug-likeness (QED) is 0.749. The van der Waals surface area contributed by atoms with Gasteiger partial charge in [0.1, 0.15) is 5.82 Å². The molecule has 0 saturated heterocycles. The largest absolute Gasteiger partial charge is 0.349 e. The highest BCUT2D eigenvalue weighted by atomic mass is 35.5. The first-order valence-corrected chi connectivity index (χ1v) is 8.04. The van der Waals surface area contributed by atoms with Gasteiger partial charge in [0, 0.05) is 19.3 Å². The average molecular weight is 364 g/mol. The third kappa shape index (κ3) is 3.53. The van der Waals surface area contributed by atoms with Gasteiger partial charge in [-0.3, -0.25) is 19.0 Å². The zero-order valence-corrected chi connectivity index (χ0v) is 14.1. The highest BCUT2D eigenvalue weighted by Gasteiger charge is 2.17. The van der Waals surface area contributed by atoms with Crippen molar-refractivity contribution in [1.29, 1.82) is 0 Å². The van der Waals surface area contributed by atoms with E-state index in [-0.39, 0.29) is 17.6 Å². The lowest BCUT2D eigenvalue weighted by Crippen LogP contribution is -2.34. The van der Waals surface area contributed by atoms with E-state index in [0.29, 0.717) is 23.6 Å². The van der Waals surface area contributed by atoms with Gasteiger partial charge < -0.3 is 5.32 Å². The molecule has 1 N–H and O–H groups in total. The Labute approximate surface area is 147 Å². The molecule has 0 aliphatic rings. The number of carbonyl (C=O) groups is 1. The predicted molar refractivity (Wildman–Crippen MR) is 91.2 cm³/mol. The summed E-state index contributed by atoms with van der Waals surface area (Å²) >= 11 is 5.76. The average Bonchev–Trinajstić information content (AvgIpc) is 3.00. The van der Waals surface area contributed by atoms with Gasteiger partial charge in [-0.25, -0.2) is 4.39 Å². The number of carbonyl (C=O) groups excluding carboxylic acids is 1. The van der Waals surface area contributed by atoms with Gasteiger partial charge in [0.05, 0.1) is 28.7 Å². The third-order valence-electron chi connectivity index (χ3n) is 3.66. The van der Waals surface area contributed by atoms with Crippen molar-refractivity contribution in [3.05, 3.63) is 57.3 Å². The molecular formula is C16H15ClFN5O2. The first kappa shape index (κ1) is 17.1. The molecule has 0 aliphatic heterocycles. The highest BCUT2D eigenvalue weighted by Crippen LogP contribution is 2.12. The van der Waals surface area contributed by atoms with Gasteiger partial charge in [0.2, 0.25) is 5.43 Å². The van der Waals surface area contributed by atoms with Crippen molar-refractivity contribution in [2.24, 2.45) is 0 Å². The summed E-state index contributed by atoms with van der Waals surface area (Å²) in [5, 5.41) is 11.3. The molecule has 2 aromatic heterocycles. The van der Waals surface area contributed by atoms with Gasteiger partial charge in [-0.15, -0.1) is 0 Å². The van der Waals surface area contributed by atoms with Crippen LogP contribution >= 0.6 is 11.6 Å². The summed E-state index contributed by atoms with van der Waals surface area (Å²) in [4.78, 5) is 24.8. The number of nitrogens with zero attached hydrogens (tertiary/aromatic N) is 4. The molecule has 3 aromatic rings. The zero-order valence-electron chi connectivity index (χ0n) is 13.4. The minimum Gasteiger partial charge on any atom is -0.349 e. The normalized spacial score (nSPS) is 11.0.